The minimum Gasteiger partial charge on any atom is -0.158 e. The van der Waals surface area contributed by atoms with Crippen LogP contribution in [0.4, 0.5) is 0 Å². The van der Waals surface area contributed by atoms with Gasteiger partial charge in [0.1, 0.15) is 0 Å². The molecular weight excluding hydrogens is 283 g/mol. The van der Waals surface area contributed by atoms with Gasteiger partial charge in [-0.3, -0.25) is 0 Å². The quantitative estimate of drug-likeness (QED) is 0.410. The van der Waals surface area contributed by atoms with Gasteiger partial charge >= 0.3 is 0 Å². The molecule has 3 rings (SSSR count). The molecule has 21 heavy (non-hydrogen) atoms. The van der Waals surface area contributed by atoms with E-state index < -0.39 is 4.75 Å². The second-order valence-corrected chi connectivity index (χ2v) is 5.48. The van der Waals surface area contributed by atoms with Crippen molar-refractivity contribution in [2.45, 2.75) is 4.75 Å². The molecule has 0 aliphatic rings. The molecule has 0 amide bonds. The average Bonchev–Trinajstić information content (AvgIpc) is 2.56. The molecule has 0 unspecified atom stereocenters. The summed E-state index contributed by atoms with van der Waals surface area (Å²) >= 11 is 5.09. The molecule has 0 atom stereocenters. The van der Waals surface area contributed by atoms with Gasteiger partial charge in [0.2, 0.25) is 0 Å². The maximum atomic E-state index is 5.09. The third kappa shape index (κ3) is 3.27. The molecule has 0 saturated carbocycles. The van der Waals surface area contributed by atoms with Gasteiger partial charge in [-0.2, -0.15) is 12.6 Å². The van der Waals surface area contributed by atoms with Gasteiger partial charge in [0.25, 0.3) is 0 Å². The van der Waals surface area contributed by atoms with Crippen molar-refractivity contribution in [1.82, 2.24) is 0 Å². The minimum absolute atomic E-state index is 0. The van der Waals surface area contributed by atoms with Crippen LogP contribution in [0, 0.1) is 0 Å². The molecule has 0 aromatic heterocycles. The fraction of sp³-hybridized carbons (Fsp3) is 0.0526. The van der Waals surface area contributed by atoms with E-state index in [1.54, 1.807) is 0 Å². The molecule has 0 saturated heterocycles. The van der Waals surface area contributed by atoms with Crippen molar-refractivity contribution in [3.05, 3.63) is 108 Å². The van der Waals surface area contributed by atoms with Crippen LogP contribution < -0.4 is 0 Å². The van der Waals surface area contributed by atoms with Crippen molar-refractivity contribution in [1.29, 1.82) is 0 Å². The van der Waals surface area contributed by atoms with Crippen LogP contribution in [-0.2, 0) is 4.75 Å². The smallest absolute Gasteiger partial charge is 0.0878 e. The largest absolute Gasteiger partial charge is 0.158 e. The topological polar surface area (TPSA) is 0 Å². The van der Waals surface area contributed by atoms with Crippen molar-refractivity contribution < 1.29 is 0 Å². The first-order valence-corrected chi connectivity index (χ1v) is 7.15. The molecule has 0 aliphatic carbocycles. The Bertz CT molecular complexity index is 569. The molecule has 1 radical (unpaired) electrons. The Balaban J connectivity index is 0.00000161. The van der Waals surface area contributed by atoms with Gasteiger partial charge in [-0.15, -0.1) is 0 Å². The summed E-state index contributed by atoms with van der Waals surface area (Å²) in [4.78, 5) is 0. The SMILES string of the molecule is SC(c1ccccc1)(c1ccccc1)c1ccccc1.[Na]. The van der Waals surface area contributed by atoms with Crippen LogP contribution in [0.25, 0.3) is 0 Å². The summed E-state index contributed by atoms with van der Waals surface area (Å²) in [6, 6.07) is 31.3. The first-order chi connectivity index (χ1) is 9.82. The summed E-state index contributed by atoms with van der Waals surface area (Å²) in [6.45, 7) is 0. The summed E-state index contributed by atoms with van der Waals surface area (Å²) in [5, 5.41) is 0. The van der Waals surface area contributed by atoms with E-state index in [1.165, 1.54) is 16.7 Å². The molecule has 2 heteroatoms. The van der Waals surface area contributed by atoms with Crippen LogP contribution in [0.1, 0.15) is 16.7 Å². The Morgan fingerprint density at radius 3 is 0.952 bits per heavy atom. The van der Waals surface area contributed by atoms with Gasteiger partial charge in [-0.05, 0) is 16.7 Å². The number of hydrogen-bond acceptors (Lipinski definition) is 1. The van der Waals surface area contributed by atoms with E-state index in [0.717, 1.165) is 0 Å². The monoisotopic (exact) mass is 299 g/mol. The van der Waals surface area contributed by atoms with Crippen LogP contribution >= 0.6 is 12.6 Å². The van der Waals surface area contributed by atoms with Crippen molar-refractivity contribution >= 4 is 42.2 Å². The van der Waals surface area contributed by atoms with Gasteiger partial charge in [0, 0.05) is 29.6 Å². The summed E-state index contributed by atoms with van der Waals surface area (Å²) < 4.78 is -0.427. The van der Waals surface area contributed by atoms with Gasteiger partial charge in [-0.1, -0.05) is 91.0 Å². The Hall–Kier alpha value is -0.990. The van der Waals surface area contributed by atoms with E-state index in [0.29, 0.717) is 0 Å². The molecule has 99 valence electrons. The number of hydrogen-bond donors (Lipinski definition) is 1. The summed E-state index contributed by atoms with van der Waals surface area (Å²) in [5.41, 5.74) is 3.54. The maximum Gasteiger partial charge on any atom is 0.0878 e. The zero-order chi connectivity index (χ0) is 13.8. The molecule has 0 nitrogen and oxygen atoms in total. The molecule has 3 aromatic carbocycles. The Morgan fingerprint density at radius 1 is 0.476 bits per heavy atom. The van der Waals surface area contributed by atoms with Crippen molar-refractivity contribution in [3.8, 4) is 0 Å². The molecule has 0 heterocycles. The fourth-order valence-electron chi connectivity index (χ4n) is 2.54. The van der Waals surface area contributed by atoms with Crippen LogP contribution in [-0.4, -0.2) is 29.6 Å². The van der Waals surface area contributed by atoms with Crippen LogP contribution in [0.2, 0.25) is 0 Å². The predicted molar refractivity (Wildman–Crippen MR) is 93.9 cm³/mol. The summed E-state index contributed by atoms with van der Waals surface area (Å²) in [5.74, 6) is 0. The van der Waals surface area contributed by atoms with Gasteiger partial charge in [0.05, 0.1) is 4.75 Å². The van der Waals surface area contributed by atoms with E-state index in [4.69, 9.17) is 12.6 Å². The third-order valence-electron chi connectivity index (χ3n) is 3.57. The van der Waals surface area contributed by atoms with Crippen LogP contribution in [0.3, 0.4) is 0 Å². The van der Waals surface area contributed by atoms with E-state index >= 15 is 0 Å². The molecule has 0 N–H and O–H groups in total. The van der Waals surface area contributed by atoms with Gasteiger partial charge in [-0.25, -0.2) is 0 Å². The maximum absolute atomic E-state index is 5.09. The zero-order valence-corrected chi connectivity index (χ0v) is 15.0. The Kier molecular flexibility index (Phi) is 5.72. The van der Waals surface area contributed by atoms with Gasteiger partial charge < -0.3 is 0 Å². The Labute approximate surface area is 153 Å². The predicted octanol–water partition coefficient (Wildman–Crippen LogP) is 4.53. The van der Waals surface area contributed by atoms with Crippen molar-refractivity contribution in [3.63, 3.8) is 0 Å². The standard InChI is InChI=1S/C19H16S.Na/c20-19(16-10-4-1-5-11-16,17-12-6-2-7-13-17)18-14-8-3-9-15-18;/h1-15,20H;. The normalized spacial score (nSPS) is 10.7. The van der Waals surface area contributed by atoms with Crippen molar-refractivity contribution in [2.24, 2.45) is 0 Å². The number of benzene rings is 3. The van der Waals surface area contributed by atoms with E-state index in [1.807, 2.05) is 18.2 Å². The van der Waals surface area contributed by atoms with Gasteiger partial charge in [0.15, 0.2) is 0 Å². The third-order valence-corrected chi connectivity index (χ3v) is 4.35. The van der Waals surface area contributed by atoms with Crippen LogP contribution in [0.5, 0.6) is 0 Å². The molecule has 0 spiro atoms. The molecular formula is C19H16NaS. The zero-order valence-electron chi connectivity index (χ0n) is 12.1. The molecule has 3 aromatic rings. The second kappa shape index (κ2) is 7.33. The number of rotatable bonds is 3. The van der Waals surface area contributed by atoms with E-state index in [2.05, 4.69) is 72.8 Å². The second-order valence-electron chi connectivity index (χ2n) is 4.81. The van der Waals surface area contributed by atoms with Crippen LogP contribution in [0.15, 0.2) is 91.0 Å². The Morgan fingerprint density at radius 2 is 0.714 bits per heavy atom. The first kappa shape index (κ1) is 16.4. The number of thiol groups is 1. The van der Waals surface area contributed by atoms with E-state index in [-0.39, 0.29) is 29.6 Å². The first-order valence-electron chi connectivity index (χ1n) is 6.71. The van der Waals surface area contributed by atoms with Crippen molar-refractivity contribution in [2.75, 3.05) is 0 Å². The molecule has 0 bridgehead atoms. The average molecular weight is 299 g/mol. The fourth-order valence-corrected chi connectivity index (χ4v) is 2.99. The minimum atomic E-state index is -0.427. The molecule has 0 aliphatic heterocycles. The van der Waals surface area contributed by atoms with E-state index in [9.17, 15) is 0 Å². The summed E-state index contributed by atoms with van der Waals surface area (Å²) in [7, 11) is 0. The summed E-state index contributed by atoms with van der Waals surface area (Å²) in [6.07, 6.45) is 0. The molecule has 0 fully saturated rings.